The standard InChI is InChI=1S/C23H26F3N3O4S/c24-23(25,26)20-3-1-2-4-21(20)34(32,33)29-11-9-17(10-12-29)22(31)28-15-13-27(14-16-28)18-5-7-19(30)8-6-18/h1-8,17,30H,9-16H2. The number of benzene rings is 2. The van der Waals surface area contributed by atoms with E-state index in [1.807, 2.05) is 12.1 Å². The number of amides is 1. The quantitative estimate of drug-likeness (QED) is 0.702. The number of sulfonamides is 1. The summed E-state index contributed by atoms with van der Waals surface area (Å²) >= 11 is 0. The van der Waals surface area contributed by atoms with E-state index in [0.717, 1.165) is 28.2 Å². The molecule has 11 heteroatoms. The molecular weight excluding hydrogens is 471 g/mol. The van der Waals surface area contributed by atoms with Crippen molar-refractivity contribution in [1.82, 2.24) is 9.21 Å². The molecule has 7 nitrogen and oxygen atoms in total. The molecule has 2 aliphatic heterocycles. The van der Waals surface area contributed by atoms with Gasteiger partial charge in [-0.05, 0) is 49.2 Å². The number of halogens is 3. The summed E-state index contributed by atoms with van der Waals surface area (Å²) in [5.74, 6) is -0.213. The van der Waals surface area contributed by atoms with E-state index in [0.29, 0.717) is 26.2 Å². The third-order valence-corrected chi connectivity index (χ3v) is 8.38. The van der Waals surface area contributed by atoms with Crippen LogP contribution in [0.25, 0.3) is 0 Å². The molecule has 0 spiro atoms. The molecule has 184 valence electrons. The summed E-state index contributed by atoms with van der Waals surface area (Å²) in [7, 11) is -4.33. The van der Waals surface area contributed by atoms with E-state index in [9.17, 15) is 31.5 Å². The maximum atomic E-state index is 13.3. The number of piperidine rings is 1. The highest BCUT2D eigenvalue weighted by molar-refractivity contribution is 7.89. The number of anilines is 1. The van der Waals surface area contributed by atoms with Crippen molar-refractivity contribution in [3.8, 4) is 5.75 Å². The van der Waals surface area contributed by atoms with Crippen LogP contribution >= 0.6 is 0 Å². The number of nitrogens with zero attached hydrogens (tertiary/aromatic N) is 3. The van der Waals surface area contributed by atoms with Crippen molar-refractivity contribution >= 4 is 21.6 Å². The van der Waals surface area contributed by atoms with E-state index in [2.05, 4.69) is 4.90 Å². The van der Waals surface area contributed by atoms with Crippen LogP contribution in [0.15, 0.2) is 53.4 Å². The lowest BCUT2D eigenvalue weighted by Crippen LogP contribution is -2.52. The number of alkyl halides is 3. The summed E-state index contributed by atoms with van der Waals surface area (Å²) in [4.78, 5) is 16.1. The van der Waals surface area contributed by atoms with E-state index in [1.165, 1.54) is 6.07 Å². The molecule has 4 rings (SSSR count). The fourth-order valence-corrected chi connectivity index (χ4v) is 6.20. The predicted molar refractivity (Wildman–Crippen MR) is 120 cm³/mol. The number of piperazine rings is 1. The number of hydrogen-bond donors (Lipinski definition) is 1. The van der Waals surface area contributed by atoms with Crippen molar-refractivity contribution < 1.29 is 31.5 Å². The second-order valence-electron chi connectivity index (χ2n) is 8.50. The SMILES string of the molecule is O=C(C1CCN(S(=O)(=O)c2ccccc2C(F)(F)F)CC1)N1CCN(c2ccc(O)cc2)CC1. The van der Waals surface area contributed by atoms with E-state index >= 15 is 0 Å². The van der Waals surface area contributed by atoms with Crippen molar-refractivity contribution in [2.45, 2.75) is 23.9 Å². The van der Waals surface area contributed by atoms with Crippen LogP contribution in [0.5, 0.6) is 5.75 Å². The number of phenols is 1. The fraction of sp³-hybridized carbons (Fsp3) is 0.435. The molecule has 0 radical (unpaired) electrons. The molecule has 2 heterocycles. The van der Waals surface area contributed by atoms with Gasteiger partial charge in [0.15, 0.2) is 0 Å². The number of phenolic OH excluding ortho intramolecular Hbond substituents is 1. The topological polar surface area (TPSA) is 81.2 Å². The van der Waals surface area contributed by atoms with E-state index in [4.69, 9.17) is 0 Å². The van der Waals surface area contributed by atoms with Gasteiger partial charge in [0.25, 0.3) is 0 Å². The second-order valence-corrected chi connectivity index (χ2v) is 10.4. The molecule has 2 saturated heterocycles. The Kier molecular flexibility index (Phi) is 6.77. The van der Waals surface area contributed by atoms with E-state index in [1.54, 1.807) is 17.0 Å². The van der Waals surface area contributed by atoms with Gasteiger partial charge in [0.2, 0.25) is 15.9 Å². The lowest BCUT2D eigenvalue weighted by atomic mass is 9.96. The van der Waals surface area contributed by atoms with Gasteiger partial charge in [-0.2, -0.15) is 17.5 Å². The van der Waals surface area contributed by atoms with Gasteiger partial charge in [-0.1, -0.05) is 12.1 Å². The normalized spacial score (nSPS) is 18.8. The van der Waals surface area contributed by atoms with Gasteiger partial charge in [-0.15, -0.1) is 0 Å². The van der Waals surface area contributed by atoms with Gasteiger partial charge in [-0.3, -0.25) is 4.79 Å². The number of carbonyl (C=O) groups is 1. The van der Waals surface area contributed by atoms with Crippen LogP contribution in [0.2, 0.25) is 0 Å². The summed E-state index contributed by atoms with van der Waals surface area (Å²) < 4.78 is 66.9. The van der Waals surface area contributed by atoms with Crippen LogP contribution in [-0.2, 0) is 21.0 Å². The van der Waals surface area contributed by atoms with Crippen molar-refractivity contribution in [1.29, 1.82) is 0 Å². The number of aromatic hydroxyl groups is 1. The Labute approximate surface area is 196 Å². The molecule has 0 aliphatic carbocycles. The molecule has 2 fully saturated rings. The Hall–Kier alpha value is -2.79. The Morgan fingerprint density at radius 1 is 0.882 bits per heavy atom. The largest absolute Gasteiger partial charge is 0.508 e. The van der Waals surface area contributed by atoms with Crippen LogP contribution in [0, 0.1) is 5.92 Å². The maximum Gasteiger partial charge on any atom is 0.417 e. The first-order valence-corrected chi connectivity index (χ1v) is 12.5. The smallest absolute Gasteiger partial charge is 0.417 e. The molecule has 1 amide bonds. The molecule has 2 aromatic rings. The fourth-order valence-electron chi connectivity index (χ4n) is 4.51. The third-order valence-electron chi connectivity index (χ3n) is 6.42. The van der Waals surface area contributed by atoms with Gasteiger partial charge in [0.05, 0.1) is 10.5 Å². The third kappa shape index (κ3) is 5.00. The van der Waals surface area contributed by atoms with Crippen LogP contribution in [0.4, 0.5) is 18.9 Å². The zero-order chi connectivity index (χ0) is 24.5. The lowest BCUT2D eigenvalue weighted by Gasteiger charge is -2.39. The molecule has 0 saturated carbocycles. The summed E-state index contributed by atoms with van der Waals surface area (Å²) in [6.45, 7) is 2.32. The molecular formula is C23H26F3N3O4S. The zero-order valence-electron chi connectivity index (χ0n) is 18.4. The van der Waals surface area contributed by atoms with Crippen molar-refractivity contribution in [3.63, 3.8) is 0 Å². The van der Waals surface area contributed by atoms with Gasteiger partial charge in [0.1, 0.15) is 5.75 Å². The second kappa shape index (κ2) is 9.46. The van der Waals surface area contributed by atoms with Gasteiger partial charge in [-0.25, -0.2) is 8.42 Å². The highest BCUT2D eigenvalue weighted by atomic mass is 32.2. The molecule has 1 N–H and O–H groups in total. The molecule has 0 unspecified atom stereocenters. The van der Waals surface area contributed by atoms with Crippen LogP contribution in [-0.4, -0.2) is 67.9 Å². The molecule has 2 aliphatic rings. The number of carbonyl (C=O) groups excluding carboxylic acids is 1. The van der Waals surface area contributed by atoms with Crippen molar-refractivity contribution in [2.75, 3.05) is 44.2 Å². The molecule has 34 heavy (non-hydrogen) atoms. The van der Waals surface area contributed by atoms with Gasteiger partial charge < -0.3 is 14.9 Å². The minimum atomic E-state index is -4.78. The maximum absolute atomic E-state index is 13.3. The highest BCUT2D eigenvalue weighted by Gasteiger charge is 2.40. The first-order valence-electron chi connectivity index (χ1n) is 11.1. The lowest BCUT2D eigenvalue weighted by molar-refractivity contribution is -0.140. The minimum absolute atomic E-state index is 0.00158. The first-order chi connectivity index (χ1) is 16.1. The molecule has 0 aromatic heterocycles. The monoisotopic (exact) mass is 497 g/mol. The summed E-state index contributed by atoms with van der Waals surface area (Å²) in [6, 6.07) is 11.0. The Morgan fingerprint density at radius 2 is 1.47 bits per heavy atom. The highest BCUT2D eigenvalue weighted by Crippen LogP contribution is 2.36. The Balaban J connectivity index is 1.35. The summed E-state index contributed by atoms with van der Waals surface area (Å²) in [5.41, 5.74) is -0.220. The average molecular weight is 498 g/mol. The van der Waals surface area contributed by atoms with Crippen LogP contribution in [0.1, 0.15) is 18.4 Å². The Bertz CT molecular complexity index is 1120. The Morgan fingerprint density at radius 3 is 2.06 bits per heavy atom. The van der Waals surface area contributed by atoms with Crippen molar-refractivity contribution in [3.05, 3.63) is 54.1 Å². The minimum Gasteiger partial charge on any atom is -0.508 e. The van der Waals surface area contributed by atoms with E-state index < -0.39 is 26.7 Å². The summed E-state index contributed by atoms with van der Waals surface area (Å²) in [5, 5.41) is 9.43. The van der Waals surface area contributed by atoms with Crippen molar-refractivity contribution in [2.24, 2.45) is 5.92 Å². The predicted octanol–water partition coefficient (Wildman–Crippen LogP) is 3.16. The van der Waals surface area contributed by atoms with E-state index in [-0.39, 0.29) is 43.5 Å². The summed E-state index contributed by atoms with van der Waals surface area (Å²) in [6.07, 6.45) is -4.24. The van der Waals surface area contributed by atoms with Gasteiger partial charge >= 0.3 is 6.18 Å². The van der Waals surface area contributed by atoms with Crippen LogP contribution in [0.3, 0.4) is 0 Å². The zero-order valence-corrected chi connectivity index (χ0v) is 19.2. The van der Waals surface area contributed by atoms with Crippen LogP contribution < -0.4 is 4.90 Å². The number of hydrogen-bond acceptors (Lipinski definition) is 5. The average Bonchev–Trinajstić information content (AvgIpc) is 2.84. The number of rotatable bonds is 4. The molecule has 0 atom stereocenters. The first kappa shape index (κ1) is 24.3. The van der Waals surface area contributed by atoms with Gasteiger partial charge in [0, 0.05) is 50.9 Å². The molecule has 2 aromatic carbocycles. The molecule has 0 bridgehead atoms.